The van der Waals surface area contributed by atoms with Crippen LogP contribution in [0.3, 0.4) is 0 Å². The minimum absolute atomic E-state index is 0. The Kier molecular flexibility index (Phi) is 28.1. The first kappa shape index (κ1) is 68.7. The molecule has 1 aromatic carbocycles. The van der Waals surface area contributed by atoms with Gasteiger partial charge in [-0.1, -0.05) is 77.8 Å². The molecule has 4 rings (SSSR count). The number of hydrogen-bond donors (Lipinski definition) is 15. The largest absolute Gasteiger partial charge is 0.426 e. The molecule has 3 fully saturated rings. The van der Waals surface area contributed by atoms with Gasteiger partial charge in [0.15, 0.2) is 6.23 Å². The lowest BCUT2D eigenvalue weighted by atomic mass is 9.91. The molecule has 0 saturated carbocycles. The topological polar surface area (TPSA) is 443 Å². The van der Waals surface area contributed by atoms with Crippen LogP contribution in [0.4, 0.5) is 0 Å². The number of carbonyl (C=O) groups excluding carboxylic acids is 9. The summed E-state index contributed by atoms with van der Waals surface area (Å²) < 4.78 is 5.03. The van der Waals surface area contributed by atoms with E-state index < -0.39 is 177 Å². The van der Waals surface area contributed by atoms with Crippen LogP contribution in [0, 0.1) is 11.8 Å². The SMILES string of the molecule is CCC(C)CC(C)CCCCCCCCC(=O)NC1CC(O)C(O)NC(=O)C2C(O)CCN2C(=O)C(C(O)CC(N)=O)NC(=O)C(C(O)C(O)c2ccc(OC(=O)CN)cc2)NC(=O)C2CC(O)CN2C(=O)C(C(C)O)NC1=O.Cl. The highest BCUT2D eigenvalue weighted by molar-refractivity contribution is 5.98. The van der Waals surface area contributed by atoms with Crippen LogP contribution in [0.1, 0.15) is 129 Å². The number of nitrogens with one attached hydrogen (secondary N) is 5. The van der Waals surface area contributed by atoms with Gasteiger partial charge in [-0.05, 0) is 55.7 Å². The molecule has 3 aliphatic heterocycles. The monoisotopic (exact) mass is 1160 g/mol. The van der Waals surface area contributed by atoms with Crippen LogP contribution in [0.15, 0.2) is 24.3 Å². The molecule has 3 aliphatic rings. The molecule has 28 heteroatoms. The van der Waals surface area contributed by atoms with Gasteiger partial charge in [0.2, 0.25) is 47.3 Å². The van der Waals surface area contributed by atoms with E-state index in [2.05, 4.69) is 47.4 Å². The number of rotatable bonds is 22. The summed E-state index contributed by atoms with van der Waals surface area (Å²) in [6.07, 6.45) is -10.5. The molecular weight excluding hydrogens is 1070 g/mol. The fraction of sp³-hybridized carbons (Fsp3) is 0.712. The van der Waals surface area contributed by atoms with E-state index in [1.54, 1.807) is 0 Å². The summed E-state index contributed by atoms with van der Waals surface area (Å²) in [6, 6.07) is -7.40. The average molecular weight is 1160 g/mol. The second kappa shape index (κ2) is 32.7. The molecule has 16 unspecified atom stereocenters. The van der Waals surface area contributed by atoms with Crippen LogP contribution in [0.2, 0.25) is 0 Å². The van der Waals surface area contributed by atoms with Crippen LogP contribution in [0.25, 0.3) is 0 Å². The average Bonchev–Trinajstić information content (AvgIpc) is 3.99. The van der Waals surface area contributed by atoms with Crippen molar-refractivity contribution >= 4 is 65.6 Å². The predicted molar refractivity (Wildman–Crippen MR) is 286 cm³/mol. The number of unbranched alkanes of at least 4 members (excludes halogenated alkanes) is 5. The van der Waals surface area contributed by atoms with Crippen LogP contribution in [0.5, 0.6) is 5.75 Å². The van der Waals surface area contributed by atoms with Gasteiger partial charge < -0.3 is 93.4 Å². The zero-order valence-corrected chi connectivity index (χ0v) is 46.5. The highest BCUT2D eigenvalue weighted by Gasteiger charge is 2.49. The Hall–Kier alpha value is -5.62. The van der Waals surface area contributed by atoms with Crippen LogP contribution < -0.4 is 42.8 Å². The first-order chi connectivity index (χ1) is 37.3. The molecule has 1 aromatic rings. The fourth-order valence-corrected chi connectivity index (χ4v) is 10.0. The molecule has 3 heterocycles. The smallest absolute Gasteiger partial charge is 0.325 e. The maximum Gasteiger partial charge on any atom is 0.325 e. The van der Waals surface area contributed by atoms with E-state index in [1.165, 1.54) is 18.6 Å². The maximum absolute atomic E-state index is 14.5. The number of nitrogens with zero attached hydrogens (tertiary/aromatic N) is 2. The normalized spacial score (nSPS) is 27.7. The van der Waals surface area contributed by atoms with Crippen molar-refractivity contribution in [3.05, 3.63) is 29.8 Å². The molecule has 0 radical (unpaired) electrons. The van der Waals surface area contributed by atoms with E-state index in [1.807, 2.05) is 0 Å². The number of benzene rings is 1. The summed E-state index contributed by atoms with van der Waals surface area (Å²) >= 11 is 0. The van der Waals surface area contributed by atoms with E-state index in [0.29, 0.717) is 29.6 Å². The minimum atomic E-state index is -2.41. The van der Waals surface area contributed by atoms with Gasteiger partial charge >= 0.3 is 5.97 Å². The third-order valence-corrected chi connectivity index (χ3v) is 14.7. The highest BCUT2D eigenvalue weighted by Crippen LogP contribution is 2.27. The van der Waals surface area contributed by atoms with Crippen molar-refractivity contribution in [2.24, 2.45) is 23.3 Å². The Morgan fingerprint density at radius 3 is 1.95 bits per heavy atom. The maximum atomic E-state index is 14.5. The van der Waals surface area contributed by atoms with Gasteiger partial charge in [0, 0.05) is 32.4 Å². The number of aliphatic hydroxyl groups is 8. The Bertz CT molecular complexity index is 2250. The summed E-state index contributed by atoms with van der Waals surface area (Å²) in [4.78, 5) is 125. The van der Waals surface area contributed by atoms with Gasteiger partial charge in [-0.3, -0.25) is 43.2 Å². The third-order valence-electron chi connectivity index (χ3n) is 14.7. The summed E-state index contributed by atoms with van der Waals surface area (Å²) in [7, 11) is 0. The molecule has 0 spiro atoms. The van der Waals surface area contributed by atoms with Crippen molar-refractivity contribution in [1.82, 2.24) is 36.4 Å². The van der Waals surface area contributed by atoms with Gasteiger partial charge in [-0.15, -0.1) is 12.4 Å². The van der Waals surface area contributed by atoms with Crippen LogP contribution in [-0.2, 0) is 43.2 Å². The van der Waals surface area contributed by atoms with Crippen molar-refractivity contribution in [1.29, 1.82) is 0 Å². The number of aliphatic hydroxyl groups excluding tert-OH is 8. The van der Waals surface area contributed by atoms with E-state index >= 15 is 0 Å². The number of esters is 1. The Labute approximate surface area is 470 Å². The molecule has 17 N–H and O–H groups in total. The first-order valence-electron chi connectivity index (χ1n) is 27.1. The molecule has 3 saturated heterocycles. The van der Waals surface area contributed by atoms with Crippen molar-refractivity contribution < 1.29 is 88.7 Å². The van der Waals surface area contributed by atoms with Crippen LogP contribution >= 0.6 is 12.4 Å². The summed E-state index contributed by atoms with van der Waals surface area (Å²) in [5, 5.41) is 101. The lowest BCUT2D eigenvalue weighted by molar-refractivity contribution is -0.149. The van der Waals surface area contributed by atoms with Crippen molar-refractivity contribution in [2.75, 3.05) is 19.6 Å². The lowest BCUT2D eigenvalue weighted by Crippen LogP contribution is -2.64. The number of carbonyl (C=O) groups is 9. The lowest BCUT2D eigenvalue weighted by Gasteiger charge is -2.34. The molecule has 0 aliphatic carbocycles. The fourth-order valence-electron chi connectivity index (χ4n) is 10.0. The predicted octanol–water partition coefficient (Wildman–Crippen LogP) is -3.76. The number of halogens is 1. The van der Waals surface area contributed by atoms with Gasteiger partial charge in [0.05, 0.1) is 37.4 Å². The third kappa shape index (κ3) is 19.8. The second-order valence-electron chi connectivity index (χ2n) is 21.2. The molecular formula is C52H84ClN9O18. The van der Waals surface area contributed by atoms with Gasteiger partial charge in [0.25, 0.3) is 0 Å². The zero-order valence-electron chi connectivity index (χ0n) is 45.7. The summed E-state index contributed by atoms with van der Waals surface area (Å²) in [5.74, 6) is -9.35. The summed E-state index contributed by atoms with van der Waals surface area (Å²) in [6.45, 7) is 6.22. The number of ether oxygens (including phenoxy) is 1. The second-order valence-corrected chi connectivity index (χ2v) is 21.2. The molecule has 0 bridgehead atoms. The molecule has 16 atom stereocenters. The Morgan fingerprint density at radius 2 is 1.34 bits per heavy atom. The molecule has 27 nitrogen and oxygen atoms in total. The van der Waals surface area contributed by atoms with Crippen LogP contribution in [-0.4, -0.2) is 203 Å². The molecule has 452 valence electrons. The molecule has 8 amide bonds. The van der Waals surface area contributed by atoms with E-state index in [0.717, 1.165) is 62.5 Å². The molecule has 0 aromatic heterocycles. The van der Waals surface area contributed by atoms with Gasteiger partial charge in [-0.2, -0.15) is 0 Å². The van der Waals surface area contributed by atoms with Gasteiger partial charge in [-0.25, -0.2) is 0 Å². The quantitative estimate of drug-likeness (QED) is 0.0301. The number of amides is 8. The number of hydrogen-bond acceptors (Lipinski definition) is 19. The highest BCUT2D eigenvalue weighted by atomic mass is 35.5. The number of primary amides is 1. The minimum Gasteiger partial charge on any atom is -0.426 e. The Morgan fingerprint density at radius 1 is 0.738 bits per heavy atom. The Balaban J connectivity index is 0.0000168. The van der Waals surface area contributed by atoms with Crippen molar-refractivity contribution in [3.63, 3.8) is 0 Å². The molecule has 80 heavy (non-hydrogen) atoms. The number of fused-ring (bicyclic) bond motifs is 2. The van der Waals surface area contributed by atoms with Crippen molar-refractivity contribution in [2.45, 2.75) is 203 Å². The van der Waals surface area contributed by atoms with Crippen molar-refractivity contribution in [3.8, 4) is 5.75 Å². The van der Waals surface area contributed by atoms with E-state index in [-0.39, 0.29) is 36.6 Å². The van der Waals surface area contributed by atoms with E-state index in [4.69, 9.17) is 16.2 Å². The van der Waals surface area contributed by atoms with Gasteiger partial charge in [0.1, 0.15) is 60.3 Å². The standard InChI is InChI=1S/C52H83N9O18.ClH/c1-5-26(2)20-27(3)12-10-8-6-7-9-11-13-38(68)55-32-22-36(66)48(74)59-50(76)43-34(64)18-19-60(43)52(78)41(35(65)23-37(54)67)57-49(75)42(45(71)44(70)29-14-16-31(17-15-29)79-39(69)24-53)58-47(73)33-21-30(63)25-61(33)51(77)40(28(4)62)56-46(32)72;/h14-17,26-28,30,32-36,40-45,48,62-66,70-71,74H,5-13,18-25,53H2,1-4H3,(H2,54,67)(H,55,68)(H,56,72)(H,57,75)(H,58,73)(H,59,76);1H. The summed E-state index contributed by atoms with van der Waals surface area (Å²) in [5.41, 5.74) is 10.5. The van der Waals surface area contributed by atoms with E-state index in [9.17, 15) is 84.0 Å². The first-order valence-corrected chi connectivity index (χ1v) is 27.1. The zero-order chi connectivity index (χ0) is 58.8. The number of nitrogens with two attached hydrogens (primary N) is 2.